The van der Waals surface area contributed by atoms with Gasteiger partial charge in [-0.2, -0.15) is 10.3 Å². The van der Waals surface area contributed by atoms with Crippen molar-refractivity contribution in [3.05, 3.63) is 0 Å². The van der Waals surface area contributed by atoms with Gasteiger partial charge in [-0.1, -0.05) is 0 Å². The predicted octanol–water partition coefficient (Wildman–Crippen LogP) is 0.652. The van der Waals surface area contributed by atoms with Crippen molar-refractivity contribution in [1.82, 2.24) is 5.06 Å². The summed E-state index contributed by atoms with van der Waals surface area (Å²) in [5.41, 5.74) is 0. The molecular weight excluding hydrogens is 156 g/mol. The summed E-state index contributed by atoms with van der Waals surface area (Å²) in [5.74, 6) is 0. The lowest BCUT2D eigenvalue weighted by Crippen LogP contribution is -2.25. The van der Waals surface area contributed by atoms with Gasteiger partial charge in [-0.25, -0.2) is 0 Å². The fourth-order valence-electron chi connectivity index (χ4n) is 1.29. The van der Waals surface area contributed by atoms with E-state index in [0.717, 1.165) is 32.4 Å². The van der Waals surface area contributed by atoms with Crippen molar-refractivity contribution in [2.24, 2.45) is 0 Å². The molecular formula is C8H12N2O2. The van der Waals surface area contributed by atoms with Gasteiger partial charge in [0.2, 0.25) is 0 Å². The molecule has 0 saturated carbocycles. The minimum absolute atomic E-state index is 0.0319. The fraction of sp³-hybridized carbons (Fsp3) is 0.875. The zero-order chi connectivity index (χ0) is 8.39. The zero-order valence-electron chi connectivity index (χ0n) is 6.90. The molecule has 0 radical (unpaired) electrons. The minimum Gasteiger partial charge on any atom is -0.351 e. The first-order valence-electron chi connectivity index (χ1n) is 4.35. The molecule has 0 aromatic rings. The second-order valence-electron chi connectivity index (χ2n) is 3.15. The lowest BCUT2D eigenvalue weighted by molar-refractivity contribution is -0.247. The van der Waals surface area contributed by atoms with E-state index in [9.17, 15) is 0 Å². The van der Waals surface area contributed by atoms with Gasteiger partial charge in [0.25, 0.3) is 0 Å². The summed E-state index contributed by atoms with van der Waals surface area (Å²) in [5, 5.41) is 10.2. The Balaban J connectivity index is 1.70. The Bertz CT molecular complexity index is 196. The van der Waals surface area contributed by atoms with Crippen molar-refractivity contribution in [1.29, 1.82) is 5.26 Å². The van der Waals surface area contributed by atoms with Crippen LogP contribution in [-0.4, -0.2) is 30.5 Å². The Morgan fingerprint density at radius 3 is 3.00 bits per heavy atom. The van der Waals surface area contributed by atoms with E-state index in [4.69, 9.17) is 14.8 Å². The van der Waals surface area contributed by atoms with Crippen LogP contribution in [0.2, 0.25) is 0 Å². The number of hydrogen-bond donors (Lipinski definition) is 0. The lowest BCUT2D eigenvalue weighted by Gasteiger charge is -2.22. The predicted molar refractivity (Wildman–Crippen MR) is 40.8 cm³/mol. The van der Waals surface area contributed by atoms with E-state index < -0.39 is 0 Å². The van der Waals surface area contributed by atoms with Crippen LogP contribution in [0.25, 0.3) is 0 Å². The Hall–Kier alpha value is -0.630. The van der Waals surface area contributed by atoms with Gasteiger partial charge in [0.1, 0.15) is 6.04 Å². The molecule has 2 saturated heterocycles. The maximum Gasteiger partial charge on any atom is 0.177 e. The third-order valence-corrected chi connectivity index (χ3v) is 2.11. The van der Waals surface area contributed by atoms with E-state index in [-0.39, 0.29) is 12.3 Å². The van der Waals surface area contributed by atoms with E-state index in [0.29, 0.717) is 0 Å². The Morgan fingerprint density at radius 2 is 2.42 bits per heavy atom. The average molecular weight is 168 g/mol. The van der Waals surface area contributed by atoms with Gasteiger partial charge in [0.15, 0.2) is 6.29 Å². The second kappa shape index (κ2) is 3.40. The molecule has 4 nitrogen and oxygen atoms in total. The first-order valence-corrected chi connectivity index (χ1v) is 4.35. The Morgan fingerprint density at radius 1 is 1.50 bits per heavy atom. The second-order valence-corrected chi connectivity index (χ2v) is 3.15. The average Bonchev–Trinajstić information content (AvgIpc) is 2.85. The van der Waals surface area contributed by atoms with Crippen molar-refractivity contribution < 1.29 is 9.57 Å². The molecule has 0 bridgehead atoms. The lowest BCUT2D eigenvalue weighted by atomic mass is 10.2. The van der Waals surface area contributed by atoms with Gasteiger partial charge >= 0.3 is 0 Å². The van der Waals surface area contributed by atoms with Crippen molar-refractivity contribution >= 4 is 0 Å². The smallest absolute Gasteiger partial charge is 0.177 e. The molecule has 3 atom stereocenters. The van der Waals surface area contributed by atoms with Crippen LogP contribution in [0.3, 0.4) is 0 Å². The maximum atomic E-state index is 8.49. The topological polar surface area (TPSA) is 45.3 Å². The number of hydroxylamine groups is 2. The highest BCUT2D eigenvalue weighted by Gasteiger charge is 2.38. The summed E-state index contributed by atoms with van der Waals surface area (Å²) in [6.07, 6.45) is 3.14. The minimum atomic E-state index is -0.0999. The van der Waals surface area contributed by atoms with E-state index in [1.54, 1.807) is 5.06 Å². The van der Waals surface area contributed by atoms with Crippen LogP contribution in [0.4, 0.5) is 0 Å². The Kier molecular flexibility index (Phi) is 2.26. The van der Waals surface area contributed by atoms with Gasteiger partial charge in [0, 0.05) is 13.0 Å². The molecule has 66 valence electrons. The van der Waals surface area contributed by atoms with Gasteiger partial charge in [-0.05, 0) is 12.8 Å². The van der Waals surface area contributed by atoms with Crippen LogP contribution < -0.4 is 0 Å². The summed E-state index contributed by atoms with van der Waals surface area (Å²) in [4.78, 5) is 5.39. The van der Waals surface area contributed by atoms with Crippen molar-refractivity contribution in [2.75, 3.05) is 13.2 Å². The van der Waals surface area contributed by atoms with Crippen LogP contribution in [0.1, 0.15) is 19.3 Å². The van der Waals surface area contributed by atoms with Crippen LogP contribution >= 0.6 is 0 Å². The molecule has 2 aliphatic rings. The fourth-order valence-corrected chi connectivity index (χ4v) is 1.29. The maximum absolute atomic E-state index is 8.49. The number of rotatable bonds is 2. The molecule has 12 heavy (non-hydrogen) atoms. The molecule has 0 aromatic carbocycles. The Labute approximate surface area is 71.6 Å². The number of ether oxygens (including phenoxy) is 1. The van der Waals surface area contributed by atoms with E-state index in [1.165, 1.54) is 0 Å². The molecule has 4 heteroatoms. The monoisotopic (exact) mass is 168 g/mol. The van der Waals surface area contributed by atoms with E-state index in [2.05, 4.69) is 6.07 Å². The summed E-state index contributed by atoms with van der Waals surface area (Å²) in [6.45, 7) is 1.52. The van der Waals surface area contributed by atoms with Crippen LogP contribution in [-0.2, 0) is 9.57 Å². The standard InChI is InChI=1S/C8H12N2O2/c9-5-7-6-10(7)12-8-3-1-2-4-11-8/h7-8H,1-4,6H2. The molecule has 2 heterocycles. The molecule has 2 aliphatic heterocycles. The van der Waals surface area contributed by atoms with Crippen LogP contribution in [0.5, 0.6) is 0 Å². The normalized spacial score (nSPS) is 40.4. The van der Waals surface area contributed by atoms with Gasteiger partial charge in [0.05, 0.1) is 12.6 Å². The molecule has 0 spiro atoms. The largest absolute Gasteiger partial charge is 0.351 e. The highest BCUT2D eigenvalue weighted by molar-refractivity contribution is 5.01. The van der Waals surface area contributed by atoms with E-state index >= 15 is 0 Å². The molecule has 0 aromatic heterocycles. The first-order chi connectivity index (χ1) is 5.90. The molecule has 2 rings (SSSR count). The van der Waals surface area contributed by atoms with Gasteiger partial charge in [-0.3, -0.25) is 4.84 Å². The van der Waals surface area contributed by atoms with Crippen LogP contribution in [0, 0.1) is 11.3 Å². The molecule has 0 amide bonds. The zero-order valence-corrected chi connectivity index (χ0v) is 6.90. The third-order valence-electron chi connectivity index (χ3n) is 2.11. The summed E-state index contributed by atoms with van der Waals surface area (Å²) in [6, 6.07) is 2.09. The first kappa shape index (κ1) is 7.99. The molecule has 0 N–H and O–H groups in total. The number of nitriles is 1. The molecule has 0 aliphatic carbocycles. The van der Waals surface area contributed by atoms with Crippen molar-refractivity contribution in [2.45, 2.75) is 31.6 Å². The van der Waals surface area contributed by atoms with Gasteiger partial charge in [-0.15, -0.1) is 0 Å². The number of nitrogens with zero attached hydrogens (tertiary/aromatic N) is 2. The highest BCUT2D eigenvalue weighted by atomic mass is 16.8. The summed E-state index contributed by atoms with van der Waals surface area (Å²) >= 11 is 0. The SMILES string of the molecule is N#CC1CN1OC1CCCCO1. The molecule has 3 unspecified atom stereocenters. The van der Waals surface area contributed by atoms with Crippen molar-refractivity contribution in [3.63, 3.8) is 0 Å². The van der Waals surface area contributed by atoms with Crippen molar-refractivity contribution in [3.8, 4) is 6.07 Å². The summed E-state index contributed by atoms with van der Waals surface area (Å²) < 4.78 is 5.35. The van der Waals surface area contributed by atoms with Gasteiger partial charge < -0.3 is 4.74 Å². The molecule has 2 fully saturated rings. The third kappa shape index (κ3) is 1.75. The summed E-state index contributed by atoms with van der Waals surface area (Å²) in [7, 11) is 0. The quantitative estimate of drug-likeness (QED) is 0.568. The highest BCUT2D eigenvalue weighted by Crippen LogP contribution is 2.22. The van der Waals surface area contributed by atoms with Crippen LogP contribution in [0.15, 0.2) is 0 Å². The number of hydrogen-bond acceptors (Lipinski definition) is 4. The van der Waals surface area contributed by atoms with E-state index in [1.807, 2.05) is 0 Å².